The van der Waals surface area contributed by atoms with Crippen molar-refractivity contribution in [1.82, 2.24) is 0 Å². The lowest BCUT2D eigenvalue weighted by atomic mass is 10.2. The Morgan fingerprint density at radius 2 is 2.15 bits per heavy atom. The van der Waals surface area contributed by atoms with Crippen molar-refractivity contribution >= 4 is 17.3 Å². The second-order valence-corrected chi connectivity index (χ2v) is 4.23. The molecule has 0 radical (unpaired) electrons. The van der Waals surface area contributed by atoms with E-state index in [4.69, 9.17) is 10.5 Å². The predicted octanol–water partition coefficient (Wildman–Crippen LogP) is 1.57. The highest BCUT2D eigenvalue weighted by Crippen LogP contribution is 2.33. The van der Waals surface area contributed by atoms with Crippen LogP contribution in [0.15, 0.2) is 18.2 Å². The van der Waals surface area contributed by atoms with Gasteiger partial charge in [-0.2, -0.15) is 13.2 Å². The third kappa shape index (κ3) is 3.53. The first kappa shape index (κ1) is 14.4. The minimum Gasteiger partial charge on any atom is -0.482 e. The van der Waals surface area contributed by atoms with Crippen molar-refractivity contribution in [3.63, 3.8) is 0 Å². The van der Waals surface area contributed by atoms with E-state index >= 15 is 0 Å². The molecule has 5 nitrogen and oxygen atoms in total. The molecule has 8 heteroatoms. The van der Waals surface area contributed by atoms with Gasteiger partial charge >= 0.3 is 6.18 Å². The largest absolute Gasteiger partial charge is 0.482 e. The van der Waals surface area contributed by atoms with Crippen LogP contribution in [-0.2, 0) is 9.53 Å². The Labute approximate surface area is 113 Å². The number of benzene rings is 1. The van der Waals surface area contributed by atoms with E-state index in [0.717, 1.165) is 0 Å². The van der Waals surface area contributed by atoms with Crippen LogP contribution in [-0.4, -0.2) is 38.4 Å². The van der Waals surface area contributed by atoms with Gasteiger partial charge in [0.15, 0.2) is 6.61 Å². The van der Waals surface area contributed by atoms with Crippen LogP contribution in [0.2, 0.25) is 0 Å². The average Bonchev–Trinajstić information content (AvgIpc) is 2.35. The molecule has 0 unspecified atom stereocenters. The van der Waals surface area contributed by atoms with Crippen LogP contribution in [0.25, 0.3) is 0 Å². The molecule has 0 fully saturated rings. The van der Waals surface area contributed by atoms with Gasteiger partial charge in [0.1, 0.15) is 12.4 Å². The van der Waals surface area contributed by atoms with Crippen molar-refractivity contribution in [2.75, 3.05) is 37.0 Å². The summed E-state index contributed by atoms with van der Waals surface area (Å²) in [6.45, 7) is -1.71. The topological polar surface area (TPSA) is 64.8 Å². The van der Waals surface area contributed by atoms with Gasteiger partial charge in [-0.15, -0.1) is 0 Å². The van der Waals surface area contributed by atoms with Crippen LogP contribution in [0.3, 0.4) is 0 Å². The molecule has 1 aliphatic heterocycles. The number of halogens is 3. The first-order valence-corrected chi connectivity index (χ1v) is 5.84. The lowest BCUT2D eigenvalue weighted by Gasteiger charge is -2.29. The summed E-state index contributed by atoms with van der Waals surface area (Å²) >= 11 is 0. The highest BCUT2D eigenvalue weighted by molar-refractivity contribution is 5.98. The third-order valence-electron chi connectivity index (χ3n) is 2.65. The number of amides is 1. The van der Waals surface area contributed by atoms with Crippen LogP contribution >= 0.6 is 0 Å². The molecular weight excluding hydrogens is 277 g/mol. The number of carbonyl (C=O) groups excluding carboxylic acids is 1. The molecule has 0 saturated heterocycles. The number of carbonyl (C=O) groups is 1. The Bertz CT molecular complexity index is 505. The molecule has 0 bridgehead atoms. The summed E-state index contributed by atoms with van der Waals surface area (Å²) in [5, 5.41) is 0. The predicted molar refractivity (Wildman–Crippen MR) is 65.6 cm³/mol. The molecule has 2 rings (SSSR count). The molecular formula is C12H13F3N2O3. The zero-order valence-electron chi connectivity index (χ0n) is 10.4. The number of hydrogen-bond donors (Lipinski definition) is 1. The number of fused-ring (bicyclic) bond motifs is 1. The molecule has 0 spiro atoms. The van der Waals surface area contributed by atoms with Gasteiger partial charge in [0, 0.05) is 12.2 Å². The molecule has 1 aromatic rings. The van der Waals surface area contributed by atoms with Crippen molar-refractivity contribution in [2.45, 2.75) is 6.18 Å². The molecule has 1 heterocycles. The maximum atomic E-state index is 11.9. The van der Waals surface area contributed by atoms with Crippen molar-refractivity contribution in [2.24, 2.45) is 0 Å². The Morgan fingerprint density at radius 1 is 1.40 bits per heavy atom. The highest BCUT2D eigenvalue weighted by Gasteiger charge is 2.29. The summed E-state index contributed by atoms with van der Waals surface area (Å²) in [5.74, 6) is 0.119. The van der Waals surface area contributed by atoms with Gasteiger partial charge in [0.25, 0.3) is 5.91 Å². The maximum Gasteiger partial charge on any atom is 0.411 e. The number of nitrogens with two attached hydrogens (primary N) is 1. The third-order valence-corrected chi connectivity index (χ3v) is 2.65. The molecule has 2 N–H and O–H groups in total. The molecule has 1 aliphatic rings. The lowest BCUT2D eigenvalue weighted by molar-refractivity contribution is -0.173. The Hall–Kier alpha value is -1.96. The fourth-order valence-electron chi connectivity index (χ4n) is 1.81. The Kier molecular flexibility index (Phi) is 4.03. The molecule has 1 amide bonds. The monoisotopic (exact) mass is 290 g/mol. The molecule has 1 aromatic carbocycles. The lowest BCUT2D eigenvalue weighted by Crippen LogP contribution is -2.41. The van der Waals surface area contributed by atoms with Crippen LogP contribution in [0.4, 0.5) is 24.5 Å². The standard InChI is InChI=1S/C12H13F3N2O3/c13-12(14,15)7-19-4-3-17-9-5-8(16)1-2-10(9)20-6-11(17)18/h1-2,5H,3-4,6-7,16H2. The van der Waals surface area contributed by atoms with Crippen molar-refractivity contribution in [3.05, 3.63) is 18.2 Å². The van der Waals surface area contributed by atoms with E-state index in [2.05, 4.69) is 4.74 Å². The first-order chi connectivity index (χ1) is 9.37. The van der Waals surface area contributed by atoms with Crippen LogP contribution < -0.4 is 15.4 Å². The summed E-state index contributed by atoms with van der Waals surface area (Å²) in [6.07, 6.45) is -4.38. The summed E-state index contributed by atoms with van der Waals surface area (Å²) in [4.78, 5) is 13.1. The van der Waals surface area contributed by atoms with Crippen molar-refractivity contribution in [3.8, 4) is 5.75 Å². The molecule has 0 aromatic heterocycles. The molecule has 20 heavy (non-hydrogen) atoms. The summed E-state index contributed by atoms with van der Waals surface area (Å²) in [6, 6.07) is 4.77. The van der Waals surface area contributed by atoms with E-state index in [-0.39, 0.29) is 25.7 Å². The Morgan fingerprint density at radius 3 is 2.85 bits per heavy atom. The fourth-order valence-corrected chi connectivity index (χ4v) is 1.81. The van der Waals surface area contributed by atoms with Gasteiger partial charge in [-0.3, -0.25) is 4.79 Å². The Balaban J connectivity index is 2.01. The number of ether oxygens (including phenoxy) is 2. The molecule has 0 atom stereocenters. The summed E-state index contributed by atoms with van der Waals surface area (Å²) in [7, 11) is 0. The molecule has 0 saturated carbocycles. The van der Waals surface area contributed by atoms with Crippen molar-refractivity contribution in [1.29, 1.82) is 0 Å². The van der Waals surface area contributed by atoms with Gasteiger partial charge in [-0.25, -0.2) is 0 Å². The van der Waals surface area contributed by atoms with E-state index < -0.39 is 12.8 Å². The van der Waals surface area contributed by atoms with Crippen LogP contribution in [0.5, 0.6) is 5.75 Å². The quantitative estimate of drug-likeness (QED) is 0.675. The van der Waals surface area contributed by atoms with E-state index in [9.17, 15) is 18.0 Å². The van der Waals surface area contributed by atoms with E-state index in [1.165, 1.54) is 11.0 Å². The van der Waals surface area contributed by atoms with Crippen LogP contribution in [0.1, 0.15) is 0 Å². The normalized spacial score (nSPS) is 14.9. The maximum absolute atomic E-state index is 11.9. The average molecular weight is 290 g/mol. The number of hydrogen-bond acceptors (Lipinski definition) is 4. The fraction of sp³-hybridized carbons (Fsp3) is 0.417. The minimum atomic E-state index is -4.38. The van der Waals surface area contributed by atoms with Crippen LogP contribution in [0, 0.1) is 0 Å². The van der Waals surface area contributed by atoms with Gasteiger partial charge in [0.2, 0.25) is 0 Å². The van der Waals surface area contributed by atoms with Gasteiger partial charge < -0.3 is 20.1 Å². The summed E-state index contributed by atoms with van der Waals surface area (Å²) in [5.41, 5.74) is 6.50. The number of alkyl halides is 3. The zero-order chi connectivity index (χ0) is 14.8. The number of anilines is 2. The van der Waals surface area contributed by atoms with E-state index in [1.807, 2.05) is 0 Å². The minimum absolute atomic E-state index is 0.00866. The number of nitrogen functional groups attached to an aromatic ring is 1. The van der Waals surface area contributed by atoms with Crippen molar-refractivity contribution < 1.29 is 27.4 Å². The highest BCUT2D eigenvalue weighted by atomic mass is 19.4. The van der Waals surface area contributed by atoms with E-state index in [1.54, 1.807) is 12.1 Å². The van der Waals surface area contributed by atoms with Gasteiger partial charge in [-0.1, -0.05) is 0 Å². The molecule has 0 aliphatic carbocycles. The second kappa shape index (κ2) is 5.58. The number of rotatable bonds is 4. The number of nitrogens with zero attached hydrogens (tertiary/aromatic N) is 1. The second-order valence-electron chi connectivity index (χ2n) is 4.23. The molecule has 110 valence electrons. The van der Waals surface area contributed by atoms with Gasteiger partial charge in [-0.05, 0) is 18.2 Å². The SMILES string of the molecule is Nc1ccc2c(c1)N(CCOCC(F)(F)F)C(=O)CO2. The van der Waals surface area contributed by atoms with Gasteiger partial charge in [0.05, 0.1) is 12.3 Å². The van der Waals surface area contributed by atoms with E-state index in [0.29, 0.717) is 17.1 Å². The summed E-state index contributed by atoms with van der Waals surface area (Å²) < 4.78 is 45.6. The first-order valence-electron chi connectivity index (χ1n) is 5.84. The zero-order valence-corrected chi connectivity index (χ0v) is 10.4. The smallest absolute Gasteiger partial charge is 0.411 e.